The van der Waals surface area contributed by atoms with Gasteiger partial charge in [-0.15, -0.1) is 0 Å². The topological polar surface area (TPSA) is 78.3 Å². The van der Waals surface area contributed by atoms with E-state index in [0.29, 0.717) is 23.4 Å². The zero-order valence-corrected chi connectivity index (χ0v) is 15.9. The zero-order chi connectivity index (χ0) is 20.2. The highest BCUT2D eigenvalue weighted by molar-refractivity contribution is 6.04. The maximum atomic E-state index is 13.1. The molecule has 0 aliphatic rings. The molecule has 4 N–H and O–H groups in total. The number of carbonyl (C=O) groups is 1. The van der Waals surface area contributed by atoms with E-state index in [1.165, 1.54) is 0 Å². The van der Waals surface area contributed by atoms with Crippen LogP contribution in [0.3, 0.4) is 0 Å². The number of fused-ring (bicyclic) bond motifs is 1. The zero-order valence-electron chi connectivity index (χ0n) is 15.9. The Bertz CT molecular complexity index is 1150. The molecule has 144 valence electrons. The molecule has 1 unspecified atom stereocenters. The summed E-state index contributed by atoms with van der Waals surface area (Å²) in [4.78, 5) is 13.1. The van der Waals surface area contributed by atoms with Crippen molar-refractivity contribution in [2.45, 2.75) is 12.5 Å². The Morgan fingerprint density at radius 1 is 0.793 bits per heavy atom. The molecule has 0 fully saturated rings. The molecule has 0 saturated heterocycles. The molecule has 4 heteroatoms. The van der Waals surface area contributed by atoms with Gasteiger partial charge >= 0.3 is 5.97 Å². The second-order valence-corrected chi connectivity index (χ2v) is 7.04. The van der Waals surface area contributed by atoms with Crippen LogP contribution in [0.5, 0.6) is 0 Å². The van der Waals surface area contributed by atoms with Gasteiger partial charge in [0.2, 0.25) is 0 Å². The number of hydrogen-bond acceptors (Lipinski definition) is 4. The van der Waals surface area contributed by atoms with E-state index in [-0.39, 0.29) is 5.97 Å². The first-order valence-electron chi connectivity index (χ1n) is 9.49. The molecule has 0 aliphatic carbocycles. The highest BCUT2D eigenvalue weighted by Gasteiger charge is 2.20. The standard InChI is InChI=1S/C25H22N2O2/c26-20-13-11-17(12-14-20)15-24(19-7-3-8-21(27)16-19)29-25(28)23-10-4-6-18-5-1-2-9-22(18)23/h1-14,16,24H,15,26-27H2. The predicted octanol–water partition coefficient (Wildman–Crippen LogP) is 5.15. The molecule has 0 saturated carbocycles. The molecule has 0 bridgehead atoms. The number of rotatable bonds is 5. The Morgan fingerprint density at radius 2 is 1.52 bits per heavy atom. The maximum absolute atomic E-state index is 13.1. The third-order valence-electron chi connectivity index (χ3n) is 4.94. The summed E-state index contributed by atoms with van der Waals surface area (Å²) in [5.74, 6) is -0.357. The first-order valence-corrected chi connectivity index (χ1v) is 9.49. The third-order valence-corrected chi connectivity index (χ3v) is 4.94. The summed E-state index contributed by atoms with van der Waals surface area (Å²) in [6.07, 6.45) is 0.0637. The van der Waals surface area contributed by atoms with Crippen molar-refractivity contribution in [1.29, 1.82) is 0 Å². The fourth-order valence-electron chi connectivity index (χ4n) is 3.45. The van der Waals surface area contributed by atoms with Gasteiger partial charge in [0.25, 0.3) is 0 Å². The average molecular weight is 382 g/mol. The van der Waals surface area contributed by atoms with E-state index in [0.717, 1.165) is 21.9 Å². The van der Waals surface area contributed by atoms with E-state index in [4.69, 9.17) is 16.2 Å². The van der Waals surface area contributed by atoms with E-state index in [9.17, 15) is 4.79 Å². The van der Waals surface area contributed by atoms with Gasteiger partial charge in [0.15, 0.2) is 0 Å². The van der Waals surface area contributed by atoms with Crippen LogP contribution in [0.15, 0.2) is 91.0 Å². The SMILES string of the molecule is Nc1ccc(CC(OC(=O)c2cccc3ccccc23)c2cccc(N)c2)cc1. The summed E-state index contributed by atoms with van der Waals surface area (Å²) in [5, 5.41) is 1.87. The Labute approximate surface area is 169 Å². The quantitative estimate of drug-likeness (QED) is 0.370. The van der Waals surface area contributed by atoms with Crippen LogP contribution in [-0.2, 0) is 11.2 Å². The first-order chi connectivity index (χ1) is 14.1. The summed E-state index contributed by atoms with van der Waals surface area (Å²) in [7, 11) is 0. The van der Waals surface area contributed by atoms with Crippen molar-refractivity contribution < 1.29 is 9.53 Å². The number of anilines is 2. The highest BCUT2D eigenvalue weighted by atomic mass is 16.5. The van der Waals surface area contributed by atoms with Crippen LogP contribution >= 0.6 is 0 Å². The number of hydrogen-bond donors (Lipinski definition) is 2. The smallest absolute Gasteiger partial charge is 0.339 e. The molecule has 0 spiro atoms. The monoisotopic (exact) mass is 382 g/mol. The van der Waals surface area contributed by atoms with E-state index in [1.54, 1.807) is 6.07 Å². The summed E-state index contributed by atoms with van der Waals surface area (Å²) >= 11 is 0. The molecular weight excluding hydrogens is 360 g/mol. The fraction of sp³-hybridized carbons (Fsp3) is 0.0800. The highest BCUT2D eigenvalue weighted by Crippen LogP contribution is 2.27. The van der Waals surface area contributed by atoms with Gasteiger partial charge in [-0.1, -0.05) is 60.7 Å². The van der Waals surface area contributed by atoms with Crippen molar-refractivity contribution in [3.8, 4) is 0 Å². The number of ether oxygens (including phenoxy) is 1. The molecule has 0 aromatic heterocycles. The second-order valence-electron chi connectivity index (χ2n) is 7.04. The Morgan fingerprint density at radius 3 is 2.31 bits per heavy atom. The lowest BCUT2D eigenvalue weighted by molar-refractivity contribution is 0.0300. The van der Waals surface area contributed by atoms with Gasteiger partial charge in [0, 0.05) is 17.8 Å². The average Bonchev–Trinajstić information content (AvgIpc) is 2.74. The van der Waals surface area contributed by atoms with Gasteiger partial charge in [0.1, 0.15) is 6.10 Å². The van der Waals surface area contributed by atoms with Crippen LogP contribution in [-0.4, -0.2) is 5.97 Å². The third kappa shape index (κ3) is 4.22. The second kappa shape index (κ2) is 8.07. The molecular formula is C25H22N2O2. The Hall–Kier alpha value is -3.79. The van der Waals surface area contributed by atoms with Crippen molar-refractivity contribution in [1.82, 2.24) is 0 Å². The molecule has 4 nitrogen and oxygen atoms in total. The summed E-state index contributed by atoms with van der Waals surface area (Å²) in [6, 6.07) is 28.5. The van der Waals surface area contributed by atoms with Gasteiger partial charge in [0.05, 0.1) is 5.56 Å². The summed E-state index contributed by atoms with van der Waals surface area (Å²) in [6.45, 7) is 0. The minimum atomic E-state index is -0.464. The molecule has 4 aromatic rings. The Balaban J connectivity index is 1.67. The van der Waals surface area contributed by atoms with E-state index in [2.05, 4.69) is 0 Å². The number of esters is 1. The van der Waals surface area contributed by atoms with Crippen molar-refractivity contribution >= 4 is 28.1 Å². The minimum absolute atomic E-state index is 0.357. The van der Waals surface area contributed by atoms with Crippen molar-refractivity contribution in [2.24, 2.45) is 0 Å². The molecule has 0 heterocycles. The fourth-order valence-corrected chi connectivity index (χ4v) is 3.45. The molecule has 0 radical (unpaired) electrons. The number of benzene rings is 4. The van der Waals surface area contributed by atoms with Gasteiger partial charge in [-0.05, 0) is 52.2 Å². The number of nitrogen functional groups attached to an aromatic ring is 2. The van der Waals surface area contributed by atoms with Gasteiger partial charge in [-0.2, -0.15) is 0 Å². The maximum Gasteiger partial charge on any atom is 0.339 e. The van der Waals surface area contributed by atoms with E-state index < -0.39 is 6.10 Å². The molecule has 0 aliphatic heterocycles. The van der Waals surface area contributed by atoms with Gasteiger partial charge in [-0.3, -0.25) is 0 Å². The van der Waals surface area contributed by atoms with Crippen molar-refractivity contribution in [3.63, 3.8) is 0 Å². The predicted molar refractivity (Wildman–Crippen MR) is 118 cm³/mol. The molecule has 4 aromatic carbocycles. The molecule has 29 heavy (non-hydrogen) atoms. The van der Waals surface area contributed by atoms with Crippen molar-refractivity contribution in [2.75, 3.05) is 11.5 Å². The first kappa shape index (κ1) is 18.6. The molecule has 4 rings (SSSR count). The lowest BCUT2D eigenvalue weighted by atomic mass is 10.00. The van der Waals surface area contributed by atoms with Crippen molar-refractivity contribution in [3.05, 3.63) is 108 Å². The number of nitrogens with two attached hydrogens (primary N) is 2. The number of carbonyl (C=O) groups excluding carboxylic acids is 1. The van der Waals surface area contributed by atoms with Crippen LogP contribution in [0.4, 0.5) is 11.4 Å². The van der Waals surface area contributed by atoms with Crippen LogP contribution in [0.1, 0.15) is 27.6 Å². The molecule has 0 amide bonds. The van der Waals surface area contributed by atoms with Crippen LogP contribution in [0, 0.1) is 0 Å². The van der Waals surface area contributed by atoms with Crippen LogP contribution < -0.4 is 11.5 Å². The van der Waals surface area contributed by atoms with Crippen LogP contribution in [0.25, 0.3) is 10.8 Å². The summed E-state index contributed by atoms with van der Waals surface area (Å²) in [5.41, 5.74) is 15.5. The van der Waals surface area contributed by atoms with Crippen LogP contribution in [0.2, 0.25) is 0 Å². The normalized spacial score (nSPS) is 11.9. The Kier molecular flexibility index (Phi) is 5.16. The minimum Gasteiger partial charge on any atom is -0.454 e. The van der Waals surface area contributed by atoms with Gasteiger partial charge < -0.3 is 16.2 Å². The lowest BCUT2D eigenvalue weighted by Crippen LogP contribution is -2.14. The molecule has 1 atom stereocenters. The summed E-state index contributed by atoms with van der Waals surface area (Å²) < 4.78 is 5.99. The van der Waals surface area contributed by atoms with E-state index >= 15 is 0 Å². The van der Waals surface area contributed by atoms with Gasteiger partial charge in [-0.25, -0.2) is 4.79 Å². The van der Waals surface area contributed by atoms with E-state index in [1.807, 2.05) is 84.9 Å². The largest absolute Gasteiger partial charge is 0.454 e. The lowest BCUT2D eigenvalue weighted by Gasteiger charge is -2.20.